The summed E-state index contributed by atoms with van der Waals surface area (Å²) < 4.78 is 32.9. The van der Waals surface area contributed by atoms with Crippen LogP contribution in [0, 0.1) is 0 Å². The summed E-state index contributed by atoms with van der Waals surface area (Å²) in [4.78, 5) is 47.2. The molecule has 0 saturated heterocycles. The molecule has 17 heteroatoms. The number of ether oxygens (including phenoxy) is 2. The van der Waals surface area contributed by atoms with Crippen LogP contribution in [-0.2, 0) is 18.6 Å². The highest BCUT2D eigenvalue weighted by molar-refractivity contribution is 7.51. The van der Waals surface area contributed by atoms with Gasteiger partial charge in [0.1, 0.15) is 24.3 Å². The van der Waals surface area contributed by atoms with Gasteiger partial charge in [-0.2, -0.15) is 9.97 Å². The third-order valence-electron chi connectivity index (χ3n) is 3.36. The van der Waals surface area contributed by atoms with Crippen molar-refractivity contribution in [2.24, 2.45) is 0 Å². The molecule has 0 bridgehead atoms. The van der Waals surface area contributed by atoms with Gasteiger partial charge in [0.15, 0.2) is 11.5 Å². The molecule has 0 amide bonds. The number of aliphatic hydroxyl groups excluding tert-OH is 1. The molecule has 158 valence electrons. The van der Waals surface area contributed by atoms with Crippen molar-refractivity contribution in [1.82, 2.24) is 19.5 Å². The molecule has 0 unspecified atom stereocenters. The monoisotopic (exact) mass is 442 g/mol. The van der Waals surface area contributed by atoms with Crippen molar-refractivity contribution in [3.8, 4) is 0 Å². The highest BCUT2D eigenvalue weighted by atomic mass is 31.2. The Labute approximate surface area is 157 Å². The minimum atomic E-state index is -4.46. The average Bonchev–Trinajstić information content (AvgIpc) is 2.93. The summed E-state index contributed by atoms with van der Waals surface area (Å²) >= 11 is 0. The molecule has 2 aromatic heterocycles. The molecule has 28 heavy (non-hydrogen) atoms. The predicted molar refractivity (Wildman–Crippen MR) is 94.9 cm³/mol. The molecule has 0 aromatic carbocycles. The lowest BCUT2D eigenvalue weighted by Gasteiger charge is -2.24. The fourth-order valence-corrected chi connectivity index (χ4v) is 2.96. The van der Waals surface area contributed by atoms with Gasteiger partial charge in [-0.1, -0.05) is 0 Å². The maximum atomic E-state index is 11.0. The lowest BCUT2D eigenvalue weighted by molar-refractivity contribution is -0.00740. The van der Waals surface area contributed by atoms with Crippen molar-refractivity contribution in [3.63, 3.8) is 0 Å². The van der Waals surface area contributed by atoms with Crippen LogP contribution in [0.4, 0.5) is 11.8 Å². The van der Waals surface area contributed by atoms with Crippen molar-refractivity contribution in [2.45, 2.75) is 12.1 Å². The van der Waals surface area contributed by atoms with E-state index in [0.717, 1.165) is 0 Å². The van der Waals surface area contributed by atoms with Crippen LogP contribution in [-0.4, -0.2) is 76.2 Å². The molecule has 0 aliphatic carbocycles. The van der Waals surface area contributed by atoms with E-state index in [4.69, 9.17) is 40.5 Å². The van der Waals surface area contributed by atoms with Gasteiger partial charge in [-0.3, -0.25) is 9.13 Å². The number of nitrogens with zero attached hydrogens (tertiary/aromatic N) is 4. The zero-order valence-electron chi connectivity index (χ0n) is 14.3. The standard InChI is InChI=1S/C11H20N6O9P2/c12-9-8-10(16-11(13)15-9)17(3-14-8)6(1-25-4-27(19,20)21)7(18)2-26-5-28(22,23)24/h3,6-7,18H,1-2,4-5H2,(H2,19,20,21)(H2,22,23,24)(H4,12,13,15,16)/t6-,7+/m0/s1. The third kappa shape index (κ3) is 6.44. The van der Waals surface area contributed by atoms with Gasteiger partial charge in [0.2, 0.25) is 5.95 Å². The van der Waals surface area contributed by atoms with Crippen molar-refractivity contribution in [2.75, 3.05) is 37.4 Å². The molecule has 0 fully saturated rings. The summed E-state index contributed by atoms with van der Waals surface area (Å²) in [6.45, 7) is -0.939. The first-order valence-electron chi connectivity index (χ1n) is 7.55. The van der Waals surface area contributed by atoms with E-state index < -0.39 is 53.2 Å². The molecule has 15 nitrogen and oxygen atoms in total. The maximum absolute atomic E-state index is 11.0. The van der Waals surface area contributed by atoms with E-state index in [-0.39, 0.29) is 22.9 Å². The number of hydrogen-bond acceptors (Lipinski definition) is 10. The molecule has 0 saturated carbocycles. The first-order valence-corrected chi connectivity index (χ1v) is 11.1. The Morgan fingerprint density at radius 2 is 1.61 bits per heavy atom. The number of imidazole rings is 1. The molecule has 0 aliphatic heterocycles. The second-order valence-electron chi connectivity index (χ2n) is 5.75. The quantitative estimate of drug-likeness (QED) is 0.200. The van der Waals surface area contributed by atoms with Crippen molar-refractivity contribution in [3.05, 3.63) is 6.33 Å². The summed E-state index contributed by atoms with van der Waals surface area (Å²) in [5.74, 6) is -0.197. The summed E-state index contributed by atoms with van der Waals surface area (Å²) in [7, 11) is -8.91. The molecule has 2 rings (SSSR count). The molecule has 2 heterocycles. The number of hydrogen-bond donors (Lipinski definition) is 7. The van der Waals surface area contributed by atoms with Crippen LogP contribution < -0.4 is 11.5 Å². The molecular formula is C11H20N6O9P2. The number of anilines is 2. The smallest absolute Gasteiger partial charge is 0.350 e. The minimum absolute atomic E-state index is 0.0247. The summed E-state index contributed by atoms with van der Waals surface area (Å²) in [6.07, 6.45) is -2.02. The SMILES string of the molecule is Nc1nc(N)c2ncn([C@@H](COCP(=O)(O)O)[C@H](O)COCP(=O)(O)O)c2n1. The zero-order chi connectivity index (χ0) is 21.1. The predicted octanol–water partition coefficient (Wildman–Crippen LogP) is -1.80. The Kier molecular flexibility index (Phi) is 7.09. The van der Waals surface area contributed by atoms with Crippen LogP contribution >= 0.6 is 15.2 Å². The van der Waals surface area contributed by atoms with Crippen molar-refractivity contribution in [1.29, 1.82) is 0 Å². The topological polar surface area (TPSA) is 249 Å². The minimum Gasteiger partial charge on any atom is -0.388 e. The largest absolute Gasteiger partial charge is 0.388 e. The lowest BCUT2D eigenvalue weighted by atomic mass is 10.2. The molecule has 0 aliphatic rings. The Balaban J connectivity index is 2.27. The van der Waals surface area contributed by atoms with Crippen LogP contribution in [0.3, 0.4) is 0 Å². The molecule has 0 radical (unpaired) electrons. The van der Waals surface area contributed by atoms with Crippen molar-refractivity contribution >= 4 is 38.1 Å². The highest BCUT2D eigenvalue weighted by Crippen LogP contribution is 2.35. The van der Waals surface area contributed by atoms with Crippen LogP contribution in [0.15, 0.2) is 6.33 Å². The number of fused-ring (bicyclic) bond motifs is 1. The molecular weight excluding hydrogens is 422 g/mol. The fraction of sp³-hybridized carbons (Fsp3) is 0.545. The number of nitrogens with two attached hydrogens (primary N) is 2. The Hall–Kier alpha value is -1.67. The van der Waals surface area contributed by atoms with E-state index in [1.807, 2.05) is 0 Å². The van der Waals surface area contributed by atoms with Gasteiger partial charge in [-0.25, -0.2) is 4.98 Å². The van der Waals surface area contributed by atoms with E-state index in [2.05, 4.69) is 15.0 Å². The second kappa shape index (κ2) is 8.78. The number of rotatable bonds is 10. The summed E-state index contributed by atoms with van der Waals surface area (Å²) in [5, 5.41) is 10.4. The number of nitrogen functional groups attached to an aromatic ring is 2. The van der Waals surface area contributed by atoms with E-state index in [9.17, 15) is 14.2 Å². The van der Waals surface area contributed by atoms with Gasteiger partial charge < -0.3 is 50.2 Å². The number of aliphatic hydroxyl groups is 1. The zero-order valence-corrected chi connectivity index (χ0v) is 16.1. The van der Waals surface area contributed by atoms with Crippen LogP contribution in [0.5, 0.6) is 0 Å². The molecule has 0 spiro atoms. The second-order valence-corrected chi connectivity index (χ2v) is 8.93. The van der Waals surface area contributed by atoms with Gasteiger partial charge in [-0.15, -0.1) is 0 Å². The van der Waals surface area contributed by atoms with Gasteiger partial charge >= 0.3 is 15.2 Å². The lowest BCUT2D eigenvalue weighted by Crippen LogP contribution is -2.32. The summed E-state index contributed by atoms with van der Waals surface area (Å²) in [5.41, 5.74) is 11.6. The van der Waals surface area contributed by atoms with E-state index in [1.54, 1.807) is 0 Å². The van der Waals surface area contributed by atoms with Crippen LogP contribution in [0.2, 0.25) is 0 Å². The van der Waals surface area contributed by atoms with E-state index >= 15 is 0 Å². The first-order chi connectivity index (χ1) is 12.9. The van der Waals surface area contributed by atoms with Crippen molar-refractivity contribution < 1.29 is 43.3 Å². The van der Waals surface area contributed by atoms with Gasteiger partial charge in [0.05, 0.1) is 25.6 Å². The summed E-state index contributed by atoms with van der Waals surface area (Å²) in [6, 6.07) is -1.05. The van der Waals surface area contributed by atoms with Crippen LogP contribution in [0.1, 0.15) is 6.04 Å². The van der Waals surface area contributed by atoms with Gasteiger partial charge in [-0.05, 0) is 0 Å². The molecule has 2 aromatic rings. The Morgan fingerprint density at radius 3 is 2.18 bits per heavy atom. The third-order valence-corrected chi connectivity index (χ3v) is 4.40. The normalized spacial score (nSPS) is 15.0. The van der Waals surface area contributed by atoms with Gasteiger partial charge in [0, 0.05) is 0 Å². The maximum Gasteiger partial charge on any atom is 0.350 e. The number of aromatic nitrogens is 4. The molecule has 9 N–H and O–H groups in total. The average molecular weight is 442 g/mol. The molecule has 2 atom stereocenters. The van der Waals surface area contributed by atoms with Crippen LogP contribution in [0.25, 0.3) is 11.2 Å². The van der Waals surface area contributed by atoms with Gasteiger partial charge in [0.25, 0.3) is 0 Å². The highest BCUT2D eigenvalue weighted by Gasteiger charge is 2.27. The Bertz CT molecular complexity index is 911. The van der Waals surface area contributed by atoms with E-state index in [0.29, 0.717) is 0 Å². The Morgan fingerprint density at radius 1 is 1.04 bits per heavy atom. The van der Waals surface area contributed by atoms with E-state index in [1.165, 1.54) is 10.9 Å². The fourth-order valence-electron chi connectivity index (χ4n) is 2.27. The first kappa shape index (κ1) is 22.6.